The molecule has 162 valence electrons. The van der Waals surface area contributed by atoms with E-state index in [9.17, 15) is 28.3 Å². The summed E-state index contributed by atoms with van der Waals surface area (Å²) in [7, 11) is 0. The summed E-state index contributed by atoms with van der Waals surface area (Å²) in [5.41, 5.74) is -1.05. The number of aromatic hydroxyl groups is 1. The molecule has 0 saturated carbocycles. The first kappa shape index (κ1) is 20.6. The maximum Gasteiger partial charge on any atom is 0.282 e. The highest BCUT2D eigenvalue weighted by molar-refractivity contribution is 6.00. The van der Waals surface area contributed by atoms with Gasteiger partial charge in [0.05, 0.1) is 0 Å². The topological polar surface area (TPSA) is 94.9 Å². The molecule has 0 aliphatic carbocycles. The number of hydrogen-bond donors (Lipinski definition) is 2. The number of nitrogens with zero attached hydrogens (tertiary/aromatic N) is 3. The summed E-state index contributed by atoms with van der Waals surface area (Å²) in [4.78, 5) is 39.6. The Bertz CT molecular complexity index is 1180. The predicted molar refractivity (Wildman–Crippen MR) is 107 cm³/mol. The van der Waals surface area contributed by atoms with Crippen molar-refractivity contribution in [3.63, 3.8) is 0 Å². The fraction of sp³-hybridized carbons (Fsp3) is 0.286. The van der Waals surface area contributed by atoms with Crippen LogP contribution in [0, 0.1) is 11.6 Å². The van der Waals surface area contributed by atoms with Crippen molar-refractivity contribution in [3.05, 3.63) is 75.4 Å². The summed E-state index contributed by atoms with van der Waals surface area (Å²) in [5.74, 6) is -3.87. The van der Waals surface area contributed by atoms with Crippen molar-refractivity contribution >= 4 is 11.8 Å². The molecule has 0 radical (unpaired) electrons. The van der Waals surface area contributed by atoms with E-state index in [0.29, 0.717) is 24.6 Å². The van der Waals surface area contributed by atoms with Crippen LogP contribution in [0.15, 0.2) is 41.5 Å². The summed E-state index contributed by atoms with van der Waals surface area (Å²) in [6, 6.07) is 2.85. The third kappa shape index (κ3) is 3.43. The number of carbonyl (C=O) groups excluding carboxylic acids is 2. The van der Waals surface area contributed by atoms with Gasteiger partial charge >= 0.3 is 0 Å². The molecule has 10 heteroatoms. The molecular formula is C21H20F2N4O4. The third-order valence-corrected chi connectivity index (χ3v) is 5.62. The number of amides is 2. The van der Waals surface area contributed by atoms with Gasteiger partial charge in [0, 0.05) is 36.1 Å². The van der Waals surface area contributed by atoms with Crippen LogP contribution in [0.2, 0.25) is 0 Å². The number of nitrogens with one attached hydrogen (secondary N) is 1. The Balaban J connectivity index is 1.70. The van der Waals surface area contributed by atoms with E-state index in [1.165, 1.54) is 21.8 Å². The second-order valence-corrected chi connectivity index (χ2v) is 7.60. The number of rotatable bonds is 3. The van der Waals surface area contributed by atoms with Gasteiger partial charge in [0.15, 0.2) is 11.4 Å². The summed E-state index contributed by atoms with van der Waals surface area (Å²) in [6.45, 7) is 5.70. The quantitative estimate of drug-likeness (QED) is 0.775. The second kappa shape index (κ2) is 7.53. The molecule has 8 nitrogen and oxygen atoms in total. The molecule has 2 bridgehead atoms. The van der Waals surface area contributed by atoms with Gasteiger partial charge in [-0.1, -0.05) is 12.6 Å². The Morgan fingerprint density at radius 2 is 2.06 bits per heavy atom. The molecular weight excluding hydrogens is 410 g/mol. The lowest BCUT2D eigenvalue weighted by Gasteiger charge is -2.40. The molecule has 0 unspecified atom stereocenters. The van der Waals surface area contributed by atoms with E-state index < -0.39 is 40.2 Å². The monoisotopic (exact) mass is 430 g/mol. The minimum Gasteiger partial charge on any atom is -0.502 e. The lowest BCUT2D eigenvalue weighted by atomic mass is 10.1. The van der Waals surface area contributed by atoms with E-state index in [0.717, 1.165) is 6.07 Å². The van der Waals surface area contributed by atoms with Crippen LogP contribution in [-0.4, -0.2) is 39.2 Å². The number of aromatic nitrogens is 1. The summed E-state index contributed by atoms with van der Waals surface area (Å²) >= 11 is 0. The Kier molecular flexibility index (Phi) is 5.00. The van der Waals surface area contributed by atoms with E-state index in [1.807, 2.05) is 6.92 Å². The van der Waals surface area contributed by atoms with E-state index in [1.54, 1.807) is 5.01 Å². The summed E-state index contributed by atoms with van der Waals surface area (Å²) < 4.78 is 28.2. The van der Waals surface area contributed by atoms with Gasteiger partial charge < -0.3 is 10.4 Å². The average Bonchev–Trinajstić information content (AvgIpc) is 2.85. The first-order valence-corrected chi connectivity index (χ1v) is 9.66. The van der Waals surface area contributed by atoms with Crippen LogP contribution >= 0.6 is 0 Å². The molecule has 1 atom stereocenters. The molecule has 4 rings (SSSR count). The maximum atomic E-state index is 13.8. The third-order valence-electron chi connectivity index (χ3n) is 5.62. The van der Waals surface area contributed by atoms with Crippen LogP contribution in [-0.2, 0) is 6.54 Å². The standard InChI is InChI=1S/C21H20F2N4O4/c1-11-3-4-12(2)27-10-25(11)21(31)17-19(29)18(28)15(9-26(17)27)20(30)24-8-13-5-6-14(22)7-16(13)23/h5-7,9,12,29H,1,3-4,8,10H2,2H3,(H,24,30)/t12-/m0/s1. The van der Waals surface area contributed by atoms with Crippen molar-refractivity contribution in [2.45, 2.75) is 32.4 Å². The highest BCUT2D eigenvalue weighted by Gasteiger charge is 2.38. The molecule has 3 heterocycles. The van der Waals surface area contributed by atoms with Crippen molar-refractivity contribution in [2.24, 2.45) is 0 Å². The van der Waals surface area contributed by atoms with Crippen LogP contribution in [0.4, 0.5) is 8.78 Å². The molecule has 31 heavy (non-hydrogen) atoms. The molecule has 1 aromatic carbocycles. The van der Waals surface area contributed by atoms with Gasteiger partial charge in [-0.3, -0.25) is 29.0 Å². The maximum absolute atomic E-state index is 13.8. The number of fused-ring (bicyclic) bond motifs is 4. The summed E-state index contributed by atoms with van der Waals surface area (Å²) in [6.07, 6.45) is 2.45. The zero-order chi connectivity index (χ0) is 22.4. The zero-order valence-corrected chi connectivity index (χ0v) is 16.7. The number of allylic oxidation sites excluding steroid dienone is 1. The zero-order valence-electron chi connectivity index (χ0n) is 16.7. The van der Waals surface area contributed by atoms with Crippen LogP contribution in [0.5, 0.6) is 5.75 Å². The smallest absolute Gasteiger partial charge is 0.282 e. The van der Waals surface area contributed by atoms with Gasteiger partial charge in [-0.05, 0) is 25.8 Å². The lowest BCUT2D eigenvalue weighted by molar-refractivity contribution is 0.0745. The molecule has 1 aromatic heterocycles. The van der Waals surface area contributed by atoms with Crippen LogP contribution < -0.4 is 15.8 Å². The number of hydrogen-bond acceptors (Lipinski definition) is 5. The molecule has 1 saturated heterocycles. The fourth-order valence-corrected chi connectivity index (χ4v) is 3.75. The van der Waals surface area contributed by atoms with Crippen molar-refractivity contribution < 1.29 is 23.5 Å². The normalized spacial score (nSPS) is 18.0. The van der Waals surface area contributed by atoms with Gasteiger partial charge in [0.25, 0.3) is 11.8 Å². The lowest BCUT2D eigenvalue weighted by Crippen LogP contribution is -2.55. The number of halogens is 2. The largest absolute Gasteiger partial charge is 0.502 e. The van der Waals surface area contributed by atoms with Crippen molar-refractivity contribution in [1.82, 2.24) is 14.9 Å². The van der Waals surface area contributed by atoms with Crippen LogP contribution in [0.25, 0.3) is 0 Å². The van der Waals surface area contributed by atoms with Gasteiger partial charge in [0.2, 0.25) is 5.43 Å². The minimum atomic E-state index is -1.02. The Morgan fingerprint density at radius 3 is 2.77 bits per heavy atom. The number of carbonyl (C=O) groups is 2. The molecule has 2 aliphatic rings. The van der Waals surface area contributed by atoms with Crippen LogP contribution in [0.1, 0.15) is 46.2 Å². The SMILES string of the molecule is C=C1CC[C@H](C)N2CN1C(=O)c1c(O)c(=O)c(C(=O)NCc3ccc(F)cc3F)cn12. The van der Waals surface area contributed by atoms with E-state index in [2.05, 4.69) is 11.9 Å². The first-order valence-electron chi connectivity index (χ1n) is 9.66. The summed E-state index contributed by atoms with van der Waals surface area (Å²) in [5, 5.41) is 14.7. The molecule has 2 N–H and O–H groups in total. The van der Waals surface area contributed by atoms with Gasteiger partial charge in [-0.25, -0.2) is 8.78 Å². The Morgan fingerprint density at radius 1 is 1.32 bits per heavy atom. The predicted octanol–water partition coefficient (Wildman–Crippen LogP) is 1.81. The van der Waals surface area contributed by atoms with E-state index in [-0.39, 0.29) is 30.5 Å². The van der Waals surface area contributed by atoms with Gasteiger partial charge in [-0.15, -0.1) is 0 Å². The Labute approximate surface area is 176 Å². The van der Waals surface area contributed by atoms with Crippen molar-refractivity contribution in [1.29, 1.82) is 0 Å². The molecule has 2 amide bonds. The molecule has 0 spiro atoms. The van der Waals surface area contributed by atoms with E-state index >= 15 is 0 Å². The average molecular weight is 430 g/mol. The second-order valence-electron chi connectivity index (χ2n) is 7.60. The molecule has 1 fully saturated rings. The number of benzene rings is 1. The fourth-order valence-electron chi connectivity index (χ4n) is 3.75. The van der Waals surface area contributed by atoms with Crippen molar-refractivity contribution in [3.8, 4) is 5.75 Å². The van der Waals surface area contributed by atoms with Crippen molar-refractivity contribution in [2.75, 3.05) is 11.7 Å². The van der Waals surface area contributed by atoms with E-state index in [4.69, 9.17) is 0 Å². The van der Waals surface area contributed by atoms with Gasteiger partial charge in [0.1, 0.15) is 23.9 Å². The highest BCUT2D eigenvalue weighted by atomic mass is 19.1. The van der Waals surface area contributed by atoms with Crippen LogP contribution in [0.3, 0.4) is 0 Å². The minimum absolute atomic E-state index is 0.0301. The Hall–Kier alpha value is -3.69. The molecule has 2 aromatic rings. The first-order chi connectivity index (χ1) is 14.7. The highest BCUT2D eigenvalue weighted by Crippen LogP contribution is 2.29. The van der Waals surface area contributed by atoms with Gasteiger partial charge in [-0.2, -0.15) is 0 Å². The number of pyridine rings is 1. The molecule has 2 aliphatic heterocycles.